The SMILES string of the molecule is CC1CCN(c2ccc(C(=O)OCC(=O)N3c4ccccc4CC3C)cc2[N+](=O)[O-])CC1. The summed E-state index contributed by atoms with van der Waals surface area (Å²) < 4.78 is 5.23. The summed E-state index contributed by atoms with van der Waals surface area (Å²) in [5.41, 5.74) is 2.36. The number of nitrogens with zero attached hydrogens (tertiary/aromatic N) is 3. The van der Waals surface area contributed by atoms with Gasteiger partial charge < -0.3 is 14.5 Å². The highest BCUT2D eigenvalue weighted by Crippen LogP contribution is 2.33. The van der Waals surface area contributed by atoms with Crippen molar-refractivity contribution in [2.45, 2.75) is 39.2 Å². The van der Waals surface area contributed by atoms with Crippen LogP contribution in [0.15, 0.2) is 42.5 Å². The van der Waals surface area contributed by atoms with Gasteiger partial charge in [-0.05, 0) is 55.9 Å². The van der Waals surface area contributed by atoms with E-state index in [4.69, 9.17) is 4.74 Å². The van der Waals surface area contributed by atoms with Crippen LogP contribution in [-0.4, -0.2) is 42.5 Å². The summed E-state index contributed by atoms with van der Waals surface area (Å²) in [5, 5.41) is 11.7. The fourth-order valence-corrected chi connectivity index (χ4v) is 4.54. The lowest BCUT2D eigenvalue weighted by atomic mass is 9.98. The molecule has 1 fully saturated rings. The molecular formula is C24H27N3O5. The molecule has 2 aromatic rings. The number of piperidine rings is 1. The number of anilines is 2. The van der Waals surface area contributed by atoms with Crippen LogP contribution in [0.4, 0.5) is 17.1 Å². The third-order valence-electron chi connectivity index (χ3n) is 6.33. The maximum absolute atomic E-state index is 12.8. The topological polar surface area (TPSA) is 93.0 Å². The number of carbonyl (C=O) groups is 2. The Kier molecular flexibility index (Phi) is 6.12. The number of nitro groups is 1. The van der Waals surface area contributed by atoms with Gasteiger partial charge in [-0.2, -0.15) is 0 Å². The Bertz CT molecular complexity index is 1050. The van der Waals surface area contributed by atoms with Gasteiger partial charge in [-0.1, -0.05) is 25.1 Å². The zero-order valence-corrected chi connectivity index (χ0v) is 18.3. The van der Waals surface area contributed by atoms with Crippen LogP contribution in [0.1, 0.15) is 42.6 Å². The summed E-state index contributed by atoms with van der Waals surface area (Å²) >= 11 is 0. The minimum absolute atomic E-state index is 0.0220. The summed E-state index contributed by atoms with van der Waals surface area (Å²) in [6.07, 6.45) is 2.70. The number of carbonyl (C=O) groups excluding carboxylic acids is 2. The van der Waals surface area contributed by atoms with Gasteiger partial charge in [0, 0.05) is 30.9 Å². The van der Waals surface area contributed by atoms with Gasteiger partial charge in [0.1, 0.15) is 5.69 Å². The van der Waals surface area contributed by atoms with Crippen molar-refractivity contribution in [3.05, 3.63) is 63.7 Å². The van der Waals surface area contributed by atoms with Gasteiger partial charge in [0.2, 0.25) is 0 Å². The molecule has 32 heavy (non-hydrogen) atoms. The third kappa shape index (κ3) is 4.30. The number of ether oxygens (including phenoxy) is 1. The van der Waals surface area contributed by atoms with Crippen LogP contribution >= 0.6 is 0 Å². The van der Waals surface area contributed by atoms with Crippen molar-refractivity contribution < 1.29 is 19.2 Å². The second-order valence-electron chi connectivity index (χ2n) is 8.65. The van der Waals surface area contributed by atoms with Crippen LogP contribution in [0.2, 0.25) is 0 Å². The number of esters is 1. The van der Waals surface area contributed by atoms with Gasteiger partial charge in [-0.15, -0.1) is 0 Å². The first-order chi connectivity index (χ1) is 15.3. The van der Waals surface area contributed by atoms with Crippen LogP contribution in [0.5, 0.6) is 0 Å². The van der Waals surface area contributed by atoms with Gasteiger partial charge >= 0.3 is 5.97 Å². The molecule has 0 bridgehead atoms. The lowest BCUT2D eigenvalue weighted by Crippen LogP contribution is -2.38. The van der Waals surface area contributed by atoms with Crippen LogP contribution in [0.25, 0.3) is 0 Å². The Morgan fingerprint density at radius 1 is 1.09 bits per heavy atom. The van der Waals surface area contributed by atoms with Gasteiger partial charge in [0.05, 0.1) is 10.5 Å². The zero-order chi connectivity index (χ0) is 22.8. The fraction of sp³-hybridized carbons (Fsp3) is 0.417. The lowest BCUT2D eigenvalue weighted by molar-refractivity contribution is -0.384. The van der Waals surface area contributed by atoms with E-state index in [1.165, 1.54) is 12.1 Å². The van der Waals surface area contributed by atoms with E-state index in [0.717, 1.165) is 43.6 Å². The highest BCUT2D eigenvalue weighted by Gasteiger charge is 2.31. The van der Waals surface area contributed by atoms with Gasteiger partial charge in [-0.25, -0.2) is 4.79 Å². The predicted octanol–water partition coefficient (Wildman–Crippen LogP) is 3.97. The predicted molar refractivity (Wildman–Crippen MR) is 121 cm³/mol. The number of nitro benzene ring substituents is 1. The number of hydrogen-bond acceptors (Lipinski definition) is 6. The first-order valence-corrected chi connectivity index (χ1v) is 11.0. The molecule has 8 nitrogen and oxygen atoms in total. The molecule has 168 valence electrons. The molecule has 1 unspecified atom stereocenters. The summed E-state index contributed by atoms with van der Waals surface area (Å²) in [4.78, 5) is 40.1. The quantitative estimate of drug-likeness (QED) is 0.399. The van der Waals surface area contributed by atoms with Gasteiger partial charge in [-0.3, -0.25) is 14.9 Å². The molecular weight excluding hydrogens is 410 g/mol. The minimum atomic E-state index is -0.750. The highest BCUT2D eigenvalue weighted by atomic mass is 16.6. The van der Waals surface area contributed by atoms with Gasteiger partial charge in [0.15, 0.2) is 6.61 Å². The number of rotatable bonds is 5. The van der Waals surface area contributed by atoms with Crippen LogP contribution in [-0.2, 0) is 16.0 Å². The second kappa shape index (κ2) is 8.98. The van der Waals surface area contributed by atoms with E-state index in [9.17, 15) is 19.7 Å². The molecule has 0 saturated carbocycles. The van der Waals surface area contributed by atoms with Crippen molar-refractivity contribution >= 4 is 28.9 Å². The van der Waals surface area contributed by atoms with Crippen molar-refractivity contribution in [2.75, 3.05) is 29.5 Å². The maximum Gasteiger partial charge on any atom is 0.338 e. The fourth-order valence-electron chi connectivity index (χ4n) is 4.54. The van der Waals surface area contributed by atoms with E-state index in [1.807, 2.05) is 36.1 Å². The molecule has 1 amide bonds. The Morgan fingerprint density at radius 2 is 1.81 bits per heavy atom. The largest absolute Gasteiger partial charge is 0.452 e. The molecule has 0 aliphatic carbocycles. The monoisotopic (exact) mass is 437 g/mol. The van der Waals surface area contributed by atoms with Crippen molar-refractivity contribution in [3.8, 4) is 0 Å². The molecule has 2 aliphatic heterocycles. The molecule has 4 rings (SSSR count). The Morgan fingerprint density at radius 3 is 2.53 bits per heavy atom. The van der Waals surface area contributed by atoms with Crippen molar-refractivity contribution in [3.63, 3.8) is 0 Å². The molecule has 0 radical (unpaired) electrons. The standard InChI is InChI=1S/C24H27N3O5/c1-16-9-11-25(12-10-16)21-8-7-19(14-22(21)27(30)31)24(29)32-15-23(28)26-17(2)13-18-5-3-4-6-20(18)26/h3-8,14,16-17H,9-13,15H2,1-2H3. The molecule has 0 spiro atoms. The minimum Gasteiger partial charge on any atom is -0.452 e. The summed E-state index contributed by atoms with van der Waals surface area (Å²) in [7, 11) is 0. The van der Waals surface area contributed by atoms with Crippen LogP contribution < -0.4 is 9.80 Å². The number of benzene rings is 2. The lowest BCUT2D eigenvalue weighted by Gasteiger charge is -2.31. The van der Waals surface area contributed by atoms with E-state index < -0.39 is 17.5 Å². The zero-order valence-electron chi connectivity index (χ0n) is 18.3. The van der Waals surface area contributed by atoms with Crippen molar-refractivity contribution in [1.29, 1.82) is 0 Å². The first kappa shape index (κ1) is 21.8. The molecule has 2 aliphatic rings. The van der Waals surface area contributed by atoms with Crippen molar-refractivity contribution in [2.24, 2.45) is 5.92 Å². The van der Waals surface area contributed by atoms with Crippen LogP contribution in [0, 0.1) is 16.0 Å². The normalized spacial score (nSPS) is 18.4. The Hall–Kier alpha value is -3.42. The highest BCUT2D eigenvalue weighted by molar-refractivity contribution is 5.99. The number of fused-ring (bicyclic) bond motifs is 1. The average molecular weight is 437 g/mol. The summed E-state index contributed by atoms with van der Waals surface area (Å²) in [5.74, 6) is -0.466. The molecule has 0 N–H and O–H groups in total. The number of amides is 1. The van der Waals surface area contributed by atoms with E-state index in [0.29, 0.717) is 11.6 Å². The molecule has 8 heteroatoms. The van der Waals surface area contributed by atoms with Crippen LogP contribution in [0.3, 0.4) is 0 Å². The molecule has 2 heterocycles. The summed E-state index contributed by atoms with van der Waals surface area (Å²) in [6.45, 7) is 5.19. The number of para-hydroxylation sites is 1. The van der Waals surface area contributed by atoms with E-state index >= 15 is 0 Å². The van der Waals surface area contributed by atoms with E-state index in [1.54, 1.807) is 11.0 Å². The Balaban J connectivity index is 1.45. The smallest absolute Gasteiger partial charge is 0.338 e. The third-order valence-corrected chi connectivity index (χ3v) is 6.33. The molecule has 2 aromatic carbocycles. The molecule has 0 aromatic heterocycles. The van der Waals surface area contributed by atoms with Crippen molar-refractivity contribution in [1.82, 2.24) is 0 Å². The average Bonchev–Trinajstić information content (AvgIpc) is 3.13. The molecule has 1 atom stereocenters. The maximum atomic E-state index is 12.8. The first-order valence-electron chi connectivity index (χ1n) is 11.0. The Labute approximate surface area is 186 Å². The summed E-state index contributed by atoms with van der Waals surface area (Å²) in [6, 6.07) is 12.0. The number of hydrogen-bond donors (Lipinski definition) is 0. The molecule has 1 saturated heterocycles. The second-order valence-corrected chi connectivity index (χ2v) is 8.65. The van der Waals surface area contributed by atoms with E-state index in [-0.39, 0.29) is 23.2 Å². The van der Waals surface area contributed by atoms with E-state index in [2.05, 4.69) is 6.92 Å². The van der Waals surface area contributed by atoms with Gasteiger partial charge in [0.25, 0.3) is 11.6 Å².